The Kier molecular flexibility index (Phi) is 3.25. The van der Waals surface area contributed by atoms with Crippen LogP contribution < -0.4 is 4.74 Å². The second-order valence-electron chi connectivity index (χ2n) is 3.87. The summed E-state index contributed by atoms with van der Waals surface area (Å²) < 4.78 is 5.68. The normalized spacial score (nSPS) is 12.8. The highest BCUT2D eigenvalue weighted by molar-refractivity contribution is 5.63. The number of benzene rings is 1. The van der Waals surface area contributed by atoms with Gasteiger partial charge in [-0.3, -0.25) is 0 Å². The summed E-state index contributed by atoms with van der Waals surface area (Å²) in [6, 6.07) is 4.35. The van der Waals surface area contributed by atoms with E-state index in [1.807, 2.05) is 18.2 Å². The van der Waals surface area contributed by atoms with Crippen LogP contribution in [-0.2, 0) is 12.8 Å². The number of hydrogen-bond donors (Lipinski definition) is 0. The maximum Gasteiger partial charge on any atom is 0.130 e. The second kappa shape index (κ2) is 4.84. The van der Waals surface area contributed by atoms with E-state index in [1.165, 1.54) is 16.7 Å². The predicted molar refractivity (Wildman–Crippen MR) is 68.8 cm³/mol. The number of fused-ring (bicyclic) bond motifs is 1. The molecular weight excluding hydrogens is 196 g/mol. The van der Waals surface area contributed by atoms with Crippen LogP contribution >= 0.6 is 0 Å². The van der Waals surface area contributed by atoms with Gasteiger partial charge in [-0.05, 0) is 36.1 Å². The molecule has 16 heavy (non-hydrogen) atoms. The molecule has 1 nitrogen and oxygen atoms in total. The van der Waals surface area contributed by atoms with E-state index >= 15 is 0 Å². The zero-order valence-corrected chi connectivity index (χ0v) is 9.41. The van der Waals surface area contributed by atoms with Crippen LogP contribution in [0.3, 0.4) is 0 Å². The van der Waals surface area contributed by atoms with Crippen molar-refractivity contribution in [1.29, 1.82) is 0 Å². The molecule has 0 spiro atoms. The minimum absolute atomic E-state index is 0.665. The standard InChI is InChI=1S/C15H16O/c1-3-6-12-10-13(7-4-2)15-14(11-12)8-5-9-16-15/h3-5,8,10-11H,1-2,6-7,9H2. The summed E-state index contributed by atoms with van der Waals surface area (Å²) >= 11 is 0. The second-order valence-corrected chi connectivity index (χ2v) is 3.87. The molecule has 2 rings (SSSR count). The van der Waals surface area contributed by atoms with Gasteiger partial charge in [-0.1, -0.05) is 24.3 Å². The fraction of sp³-hybridized carbons (Fsp3) is 0.200. The van der Waals surface area contributed by atoms with Gasteiger partial charge in [-0.25, -0.2) is 0 Å². The Morgan fingerprint density at radius 2 is 2.00 bits per heavy atom. The van der Waals surface area contributed by atoms with E-state index < -0.39 is 0 Å². The molecule has 1 aromatic carbocycles. The summed E-state index contributed by atoms with van der Waals surface area (Å²) in [7, 11) is 0. The van der Waals surface area contributed by atoms with Crippen LogP contribution in [0, 0.1) is 0 Å². The van der Waals surface area contributed by atoms with Gasteiger partial charge in [0.25, 0.3) is 0 Å². The van der Waals surface area contributed by atoms with Crippen molar-refractivity contribution < 1.29 is 4.74 Å². The van der Waals surface area contributed by atoms with E-state index in [1.54, 1.807) is 0 Å². The van der Waals surface area contributed by atoms with Gasteiger partial charge in [0.1, 0.15) is 12.4 Å². The zero-order valence-electron chi connectivity index (χ0n) is 9.41. The lowest BCUT2D eigenvalue weighted by molar-refractivity contribution is 0.355. The average molecular weight is 212 g/mol. The highest BCUT2D eigenvalue weighted by atomic mass is 16.5. The Morgan fingerprint density at radius 1 is 1.19 bits per heavy atom. The van der Waals surface area contributed by atoms with Crippen LogP contribution in [0.5, 0.6) is 5.75 Å². The van der Waals surface area contributed by atoms with Crippen molar-refractivity contribution in [3.63, 3.8) is 0 Å². The van der Waals surface area contributed by atoms with Crippen LogP contribution in [0.15, 0.2) is 43.5 Å². The Morgan fingerprint density at radius 3 is 2.75 bits per heavy atom. The van der Waals surface area contributed by atoms with Crippen LogP contribution in [0.1, 0.15) is 16.7 Å². The van der Waals surface area contributed by atoms with E-state index in [0.717, 1.165) is 18.6 Å². The van der Waals surface area contributed by atoms with Crippen molar-refractivity contribution in [3.05, 3.63) is 60.2 Å². The van der Waals surface area contributed by atoms with Gasteiger partial charge in [-0.2, -0.15) is 0 Å². The first-order chi connectivity index (χ1) is 7.85. The molecule has 0 aliphatic carbocycles. The molecule has 0 atom stereocenters. The Labute approximate surface area is 96.8 Å². The van der Waals surface area contributed by atoms with Gasteiger partial charge in [0.15, 0.2) is 0 Å². The lowest BCUT2D eigenvalue weighted by Gasteiger charge is -2.17. The lowest BCUT2D eigenvalue weighted by Crippen LogP contribution is -2.04. The van der Waals surface area contributed by atoms with Gasteiger partial charge in [0.2, 0.25) is 0 Å². The molecule has 0 N–H and O–H groups in total. The highest BCUT2D eigenvalue weighted by Crippen LogP contribution is 2.30. The fourth-order valence-corrected chi connectivity index (χ4v) is 1.98. The minimum atomic E-state index is 0.665. The van der Waals surface area contributed by atoms with Crippen LogP contribution in [0.25, 0.3) is 6.08 Å². The van der Waals surface area contributed by atoms with Gasteiger partial charge in [0.05, 0.1) is 0 Å². The molecule has 1 aromatic rings. The Balaban J connectivity index is 2.48. The van der Waals surface area contributed by atoms with Crippen molar-refractivity contribution in [3.8, 4) is 5.75 Å². The largest absolute Gasteiger partial charge is 0.489 e. The molecule has 1 aliphatic rings. The maximum absolute atomic E-state index is 5.68. The lowest BCUT2D eigenvalue weighted by atomic mass is 9.98. The van der Waals surface area contributed by atoms with E-state index in [9.17, 15) is 0 Å². The number of allylic oxidation sites excluding steroid dienone is 2. The van der Waals surface area contributed by atoms with Gasteiger partial charge >= 0.3 is 0 Å². The van der Waals surface area contributed by atoms with Crippen molar-refractivity contribution in [1.82, 2.24) is 0 Å². The summed E-state index contributed by atoms with van der Waals surface area (Å²) in [6.45, 7) is 8.23. The smallest absolute Gasteiger partial charge is 0.130 e. The monoisotopic (exact) mass is 212 g/mol. The molecule has 0 saturated carbocycles. The van der Waals surface area contributed by atoms with Gasteiger partial charge < -0.3 is 4.74 Å². The summed E-state index contributed by atoms with van der Waals surface area (Å²) in [4.78, 5) is 0. The quantitative estimate of drug-likeness (QED) is 0.693. The Bertz CT molecular complexity index is 441. The molecule has 1 heteroatoms. The average Bonchev–Trinajstić information content (AvgIpc) is 2.30. The summed E-state index contributed by atoms with van der Waals surface area (Å²) in [6.07, 6.45) is 9.74. The molecule has 0 aromatic heterocycles. The fourth-order valence-electron chi connectivity index (χ4n) is 1.98. The number of rotatable bonds is 4. The molecule has 0 amide bonds. The van der Waals surface area contributed by atoms with Crippen LogP contribution in [0.2, 0.25) is 0 Å². The number of ether oxygens (including phenoxy) is 1. The molecular formula is C15H16O. The van der Waals surface area contributed by atoms with Crippen molar-refractivity contribution in [2.24, 2.45) is 0 Å². The van der Waals surface area contributed by atoms with E-state index in [2.05, 4.69) is 31.4 Å². The summed E-state index contributed by atoms with van der Waals surface area (Å²) in [5, 5.41) is 0. The van der Waals surface area contributed by atoms with Crippen LogP contribution in [-0.4, -0.2) is 6.61 Å². The predicted octanol–water partition coefficient (Wildman–Crippen LogP) is 3.55. The molecule has 82 valence electrons. The molecule has 0 saturated heterocycles. The molecule has 1 heterocycles. The third-order valence-corrected chi connectivity index (χ3v) is 2.62. The molecule has 0 unspecified atom stereocenters. The molecule has 0 radical (unpaired) electrons. The molecule has 0 fully saturated rings. The third-order valence-electron chi connectivity index (χ3n) is 2.62. The van der Waals surface area contributed by atoms with Crippen molar-refractivity contribution in [2.75, 3.05) is 6.61 Å². The van der Waals surface area contributed by atoms with Gasteiger partial charge in [-0.15, -0.1) is 13.2 Å². The van der Waals surface area contributed by atoms with Gasteiger partial charge in [0, 0.05) is 5.56 Å². The van der Waals surface area contributed by atoms with E-state index in [0.29, 0.717) is 6.61 Å². The first kappa shape index (κ1) is 10.7. The summed E-state index contributed by atoms with van der Waals surface area (Å²) in [5.41, 5.74) is 3.66. The van der Waals surface area contributed by atoms with E-state index in [-0.39, 0.29) is 0 Å². The molecule has 1 aliphatic heterocycles. The zero-order chi connectivity index (χ0) is 11.4. The SMILES string of the molecule is C=CCc1cc2c(c(CC=C)c1)OCC=C2. The first-order valence-electron chi connectivity index (χ1n) is 5.52. The maximum atomic E-state index is 5.68. The van der Waals surface area contributed by atoms with Crippen molar-refractivity contribution >= 4 is 6.08 Å². The molecule has 0 bridgehead atoms. The number of hydrogen-bond acceptors (Lipinski definition) is 1. The van der Waals surface area contributed by atoms with Crippen LogP contribution in [0.4, 0.5) is 0 Å². The third kappa shape index (κ3) is 2.08. The minimum Gasteiger partial charge on any atom is -0.489 e. The topological polar surface area (TPSA) is 9.23 Å². The highest BCUT2D eigenvalue weighted by Gasteiger charge is 2.11. The first-order valence-corrected chi connectivity index (χ1v) is 5.52. The van der Waals surface area contributed by atoms with E-state index in [4.69, 9.17) is 4.74 Å². The van der Waals surface area contributed by atoms with Crippen molar-refractivity contribution in [2.45, 2.75) is 12.8 Å². The summed E-state index contributed by atoms with van der Waals surface area (Å²) in [5.74, 6) is 1.01. The Hall–Kier alpha value is -1.76.